The second kappa shape index (κ2) is 7.95. The number of hydrogen-bond acceptors (Lipinski definition) is 2. The van der Waals surface area contributed by atoms with Crippen LogP contribution in [0.25, 0.3) is 10.8 Å². The number of benzene rings is 2. The summed E-state index contributed by atoms with van der Waals surface area (Å²) in [5.41, 5.74) is 0.696. The molecule has 2 N–H and O–H groups in total. The highest BCUT2D eigenvalue weighted by Gasteiger charge is 2.31. The molecule has 1 aliphatic rings. The van der Waals surface area contributed by atoms with Crippen LogP contribution in [-0.2, 0) is 4.74 Å². The van der Waals surface area contributed by atoms with E-state index in [1.54, 1.807) is 0 Å². The van der Waals surface area contributed by atoms with Crippen molar-refractivity contribution in [3.63, 3.8) is 0 Å². The average molecular weight is 366 g/mol. The fourth-order valence-electron chi connectivity index (χ4n) is 3.32. The Morgan fingerprint density at radius 3 is 2.69 bits per heavy atom. The highest BCUT2D eigenvalue weighted by Crippen LogP contribution is 2.25. The molecule has 0 saturated heterocycles. The van der Waals surface area contributed by atoms with E-state index in [-0.39, 0.29) is 12.1 Å². The van der Waals surface area contributed by atoms with E-state index in [1.807, 2.05) is 42.5 Å². The number of anilines is 1. The lowest BCUT2D eigenvalue weighted by Crippen LogP contribution is -2.43. The molecule has 0 heterocycles. The van der Waals surface area contributed by atoms with E-state index in [1.165, 1.54) is 0 Å². The van der Waals surface area contributed by atoms with Crippen molar-refractivity contribution < 1.29 is 22.7 Å². The Labute approximate surface area is 149 Å². The smallest absolute Gasteiger partial charge is 0.369 e. The molecule has 26 heavy (non-hydrogen) atoms. The Morgan fingerprint density at radius 1 is 1.12 bits per heavy atom. The van der Waals surface area contributed by atoms with Crippen molar-refractivity contribution in [3.8, 4) is 0 Å². The minimum Gasteiger partial charge on any atom is -0.369 e. The molecule has 2 atom stereocenters. The molecule has 0 radical (unpaired) electrons. The molecule has 7 heteroatoms. The van der Waals surface area contributed by atoms with E-state index in [0.717, 1.165) is 23.6 Å². The van der Waals surface area contributed by atoms with Gasteiger partial charge in [-0.3, -0.25) is 0 Å². The van der Waals surface area contributed by atoms with Gasteiger partial charge in [0.1, 0.15) is 6.61 Å². The third-order valence-corrected chi connectivity index (χ3v) is 4.48. The van der Waals surface area contributed by atoms with Crippen molar-refractivity contribution >= 4 is 22.5 Å². The second-order valence-electron chi connectivity index (χ2n) is 6.54. The Bertz CT molecular complexity index is 759. The Hall–Kier alpha value is -2.28. The maximum absolute atomic E-state index is 12.3. The van der Waals surface area contributed by atoms with Crippen molar-refractivity contribution in [2.45, 2.75) is 44.0 Å². The van der Waals surface area contributed by atoms with Gasteiger partial charge in [-0.15, -0.1) is 0 Å². The molecule has 2 amide bonds. The number of carbonyl (C=O) groups excluding carboxylic acids is 1. The van der Waals surface area contributed by atoms with E-state index in [2.05, 4.69) is 10.6 Å². The predicted octanol–water partition coefficient (Wildman–Crippen LogP) is 4.85. The first-order valence-electron chi connectivity index (χ1n) is 8.64. The number of amides is 2. The summed E-state index contributed by atoms with van der Waals surface area (Å²) in [5.74, 6) is 0. The van der Waals surface area contributed by atoms with Gasteiger partial charge in [-0.05, 0) is 37.1 Å². The van der Waals surface area contributed by atoms with Gasteiger partial charge >= 0.3 is 12.2 Å². The number of nitrogens with one attached hydrogen (secondary N) is 2. The summed E-state index contributed by atoms with van der Waals surface area (Å²) >= 11 is 0. The number of urea groups is 1. The first-order chi connectivity index (χ1) is 12.4. The highest BCUT2D eigenvalue weighted by molar-refractivity contribution is 6.01. The molecule has 0 aliphatic heterocycles. The third-order valence-electron chi connectivity index (χ3n) is 4.48. The van der Waals surface area contributed by atoms with E-state index in [4.69, 9.17) is 4.74 Å². The van der Waals surface area contributed by atoms with Crippen molar-refractivity contribution in [2.24, 2.45) is 0 Å². The Balaban J connectivity index is 1.56. The second-order valence-corrected chi connectivity index (χ2v) is 6.54. The fourth-order valence-corrected chi connectivity index (χ4v) is 3.32. The third kappa shape index (κ3) is 5.11. The molecule has 0 aromatic heterocycles. The molecule has 0 spiro atoms. The van der Waals surface area contributed by atoms with Gasteiger partial charge in [0.05, 0.1) is 11.8 Å². The number of halogens is 3. The molecular weight excluding hydrogens is 345 g/mol. The first kappa shape index (κ1) is 18.5. The summed E-state index contributed by atoms with van der Waals surface area (Å²) in [6, 6.07) is 12.8. The van der Waals surface area contributed by atoms with Gasteiger partial charge in [0.2, 0.25) is 0 Å². The predicted molar refractivity (Wildman–Crippen MR) is 94.2 cm³/mol. The summed E-state index contributed by atoms with van der Waals surface area (Å²) in [6.45, 7) is -1.24. The molecule has 2 aromatic rings. The summed E-state index contributed by atoms with van der Waals surface area (Å²) in [6.07, 6.45) is -2.38. The zero-order chi connectivity index (χ0) is 18.6. The van der Waals surface area contributed by atoms with E-state index >= 15 is 0 Å². The molecule has 1 saturated carbocycles. The Kier molecular flexibility index (Phi) is 5.66. The quantitative estimate of drug-likeness (QED) is 0.813. The summed E-state index contributed by atoms with van der Waals surface area (Å²) in [4.78, 5) is 12.3. The monoisotopic (exact) mass is 366 g/mol. The van der Waals surface area contributed by atoms with Gasteiger partial charge in [-0.25, -0.2) is 4.79 Å². The van der Waals surface area contributed by atoms with Gasteiger partial charge < -0.3 is 15.4 Å². The number of carbonyl (C=O) groups is 1. The largest absolute Gasteiger partial charge is 0.411 e. The maximum Gasteiger partial charge on any atom is 0.411 e. The standard InChI is InChI=1S/C19H21F3N2O2/c20-19(21,22)12-26-15-8-4-7-14(11-15)23-18(25)24-17-10-3-6-13-5-1-2-9-16(13)17/h1-3,5-6,9-10,14-15H,4,7-8,11-12H2,(H2,23,24,25)/t14-,15+/m1/s1. The fraction of sp³-hybridized carbons (Fsp3) is 0.421. The lowest BCUT2D eigenvalue weighted by molar-refractivity contribution is -0.188. The van der Waals surface area contributed by atoms with Crippen molar-refractivity contribution in [2.75, 3.05) is 11.9 Å². The molecule has 0 unspecified atom stereocenters. The van der Waals surface area contributed by atoms with Gasteiger partial charge in [-0.1, -0.05) is 36.4 Å². The molecule has 4 nitrogen and oxygen atoms in total. The average Bonchev–Trinajstić information content (AvgIpc) is 2.60. The zero-order valence-electron chi connectivity index (χ0n) is 14.2. The first-order valence-corrected chi connectivity index (χ1v) is 8.64. The van der Waals surface area contributed by atoms with Crippen LogP contribution in [-0.4, -0.2) is 31.0 Å². The van der Waals surface area contributed by atoms with E-state index < -0.39 is 18.9 Å². The zero-order valence-corrected chi connectivity index (χ0v) is 14.2. The van der Waals surface area contributed by atoms with Crippen LogP contribution in [0.4, 0.5) is 23.7 Å². The number of hydrogen-bond donors (Lipinski definition) is 2. The number of rotatable bonds is 4. The molecule has 2 aromatic carbocycles. The Morgan fingerprint density at radius 2 is 1.88 bits per heavy atom. The summed E-state index contributed by atoms with van der Waals surface area (Å²) in [7, 11) is 0. The van der Waals surface area contributed by atoms with Crippen LogP contribution in [0.15, 0.2) is 42.5 Å². The van der Waals surface area contributed by atoms with Crippen LogP contribution < -0.4 is 10.6 Å². The molecule has 1 aliphatic carbocycles. The molecule has 0 bridgehead atoms. The summed E-state index contributed by atoms with van der Waals surface area (Å²) < 4.78 is 41.8. The van der Waals surface area contributed by atoms with Crippen LogP contribution >= 0.6 is 0 Å². The molecule has 140 valence electrons. The molecular formula is C19H21F3N2O2. The number of alkyl halides is 3. The van der Waals surface area contributed by atoms with Crippen LogP contribution in [0, 0.1) is 0 Å². The van der Waals surface area contributed by atoms with Gasteiger partial charge in [-0.2, -0.15) is 13.2 Å². The van der Waals surface area contributed by atoms with Crippen LogP contribution in [0.1, 0.15) is 25.7 Å². The number of fused-ring (bicyclic) bond motifs is 1. The highest BCUT2D eigenvalue weighted by atomic mass is 19.4. The molecule has 1 fully saturated rings. The van der Waals surface area contributed by atoms with Gasteiger partial charge in [0.25, 0.3) is 0 Å². The lowest BCUT2D eigenvalue weighted by Gasteiger charge is -2.30. The topological polar surface area (TPSA) is 50.4 Å². The van der Waals surface area contributed by atoms with E-state index in [9.17, 15) is 18.0 Å². The van der Waals surface area contributed by atoms with Gasteiger partial charge in [0.15, 0.2) is 0 Å². The maximum atomic E-state index is 12.3. The summed E-state index contributed by atoms with van der Waals surface area (Å²) in [5, 5.41) is 7.63. The normalized spacial score (nSPS) is 20.7. The van der Waals surface area contributed by atoms with Crippen LogP contribution in [0.2, 0.25) is 0 Å². The van der Waals surface area contributed by atoms with Crippen LogP contribution in [0.5, 0.6) is 0 Å². The lowest BCUT2D eigenvalue weighted by atomic mass is 9.93. The van der Waals surface area contributed by atoms with E-state index in [0.29, 0.717) is 18.5 Å². The van der Waals surface area contributed by atoms with Crippen molar-refractivity contribution in [1.29, 1.82) is 0 Å². The minimum absolute atomic E-state index is 0.197. The number of ether oxygens (including phenoxy) is 1. The SMILES string of the molecule is O=C(Nc1cccc2ccccc12)N[C@@H]1CCC[C@H](OCC(F)(F)F)C1. The molecule has 3 rings (SSSR count). The van der Waals surface area contributed by atoms with Crippen molar-refractivity contribution in [3.05, 3.63) is 42.5 Å². The van der Waals surface area contributed by atoms with Crippen molar-refractivity contribution in [1.82, 2.24) is 5.32 Å². The van der Waals surface area contributed by atoms with Gasteiger partial charge in [0, 0.05) is 11.4 Å². The minimum atomic E-state index is -4.33. The van der Waals surface area contributed by atoms with Crippen LogP contribution in [0.3, 0.4) is 0 Å².